The van der Waals surface area contributed by atoms with Crippen LogP contribution >= 0.6 is 0 Å². The van der Waals surface area contributed by atoms with E-state index in [9.17, 15) is 4.79 Å². The Hall–Kier alpha value is -0.370. The highest BCUT2D eigenvalue weighted by atomic mass is 16.1. The molecule has 64 valence electrons. The van der Waals surface area contributed by atoms with E-state index in [1.165, 1.54) is 12.8 Å². The zero-order chi connectivity index (χ0) is 8.27. The van der Waals surface area contributed by atoms with Gasteiger partial charge < -0.3 is 5.32 Å². The highest BCUT2D eigenvalue weighted by Gasteiger charge is 2.18. The zero-order valence-electron chi connectivity index (χ0n) is 7.39. The van der Waals surface area contributed by atoms with E-state index in [0.717, 1.165) is 13.0 Å². The number of ketones is 1. The number of hydrogen-bond donors (Lipinski definition) is 1. The highest BCUT2D eigenvalue weighted by Crippen LogP contribution is 2.11. The minimum absolute atomic E-state index is 0.206. The first-order valence-corrected chi connectivity index (χ1v) is 4.46. The predicted molar refractivity (Wildman–Crippen MR) is 45.5 cm³/mol. The third-order valence-corrected chi connectivity index (χ3v) is 2.25. The first-order valence-electron chi connectivity index (χ1n) is 4.46. The van der Waals surface area contributed by atoms with Gasteiger partial charge in [-0.2, -0.15) is 0 Å². The molecule has 1 rings (SSSR count). The van der Waals surface area contributed by atoms with Crippen molar-refractivity contribution in [2.45, 2.75) is 39.2 Å². The van der Waals surface area contributed by atoms with Gasteiger partial charge in [-0.05, 0) is 19.4 Å². The van der Waals surface area contributed by atoms with Crippen LogP contribution in [0.25, 0.3) is 0 Å². The second-order valence-corrected chi connectivity index (χ2v) is 3.62. The Balaban J connectivity index is 2.24. The van der Waals surface area contributed by atoms with E-state index in [1.54, 1.807) is 0 Å². The van der Waals surface area contributed by atoms with Crippen molar-refractivity contribution >= 4 is 5.78 Å². The van der Waals surface area contributed by atoms with Crippen molar-refractivity contribution in [1.82, 2.24) is 5.32 Å². The number of hydrogen-bond acceptors (Lipinski definition) is 2. The molecule has 1 N–H and O–H groups in total. The van der Waals surface area contributed by atoms with Gasteiger partial charge in [0, 0.05) is 18.4 Å². The van der Waals surface area contributed by atoms with Gasteiger partial charge in [-0.15, -0.1) is 0 Å². The fourth-order valence-electron chi connectivity index (χ4n) is 1.41. The van der Waals surface area contributed by atoms with E-state index in [-0.39, 0.29) is 5.92 Å². The first kappa shape index (κ1) is 8.72. The van der Waals surface area contributed by atoms with Crippen LogP contribution in [0.15, 0.2) is 0 Å². The van der Waals surface area contributed by atoms with Crippen molar-refractivity contribution in [3.63, 3.8) is 0 Å². The summed E-state index contributed by atoms with van der Waals surface area (Å²) in [6, 6.07) is 0.477. The van der Waals surface area contributed by atoms with Crippen LogP contribution in [0.5, 0.6) is 0 Å². The van der Waals surface area contributed by atoms with Crippen molar-refractivity contribution in [1.29, 1.82) is 0 Å². The molecule has 11 heavy (non-hydrogen) atoms. The fourth-order valence-corrected chi connectivity index (χ4v) is 1.41. The molecule has 1 heterocycles. The highest BCUT2D eigenvalue weighted by molar-refractivity contribution is 5.80. The lowest BCUT2D eigenvalue weighted by molar-refractivity contribution is -0.122. The SMILES string of the molecule is CC(C)C(=O)CC1CCCN1. The molecule has 0 aromatic carbocycles. The number of rotatable bonds is 3. The van der Waals surface area contributed by atoms with Gasteiger partial charge in [-0.3, -0.25) is 4.79 Å². The Bertz CT molecular complexity index is 136. The lowest BCUT2D eigenvalue weighted by Gasteiger charge is -2.10. The summed E-state index contributed by atoms with van der Waals surface area (Å²) in [6.07, 6.45) is 3.15. The van der Waals surface area contributed by atoms with Crippen LogP contribution in [0.2, 0.25) is 0 Å². The van der Waals surface area contributed by atoms with Crippen LogP contribution in [0.1, 0.15) is 33.1 Å². The van der Waals surface area contributed by atoms with Crippen LogP contribution in [0.3, 0.4) is 0 Å². The number of Topliss-reactive ketones (excluding diaryl/α,β-unsaturated/α-hetero) is 1. The summed E-state index contributed by atoms with van der Waals surface area (Å²) in [5.74, 6) is 0.599. The van der Waals surface area contributed by atoms with E-state index in [0.29, 0.717) is 11.8 Å². The van der Waals surface area contributed by atoms with E-state index in [2.05, 4.69) is 5.32 Å². The summed E-state index contributed by atoms with van der Waals surface area (Å²) >= 11 is 0. The Morgan fingerprint density at radius 2 is 2.36 bits per heavy atom. The normalized spacial score (nSPS) is 24.5. The van der Waals surface area contributed by atoms with Crippen LogP contribution in [-0.2, 0) is 4.79 Å². The van der Waals surface area contributed by atoms with Crippen LogP contribution < -0.4 is 5.32 Å². The third-order valence-electron chi connectivity index (χ3n) is 2.25. The van der Waals surface area contributed by atoms with E-state index in [4.69, 9.17) is 0 Å². The van der Waals surface area contributed by atoms with Gasteiger partial charge in [0.05, 0.1) is 0 Å². The molecule has 2 heteroatoms. The summed E-state index contributed by atoms with van der Waals surface area (Å²) < 4.78 is 0. The predicted octanol–water partition coefficient (Wildman–Crippen LogP) is 1.35. The van der Waals surface area contributed by atoms with Crippen molar-refractivity contribution in [3.05, 3.63) is 0 Å². The molecule has 0 amide bonds. The van der Waals surface area contributed by atoms with Gasteiger partial charge in [-0.25, -0.2) is 0 Å². The van der Waals surface area contributed by atoms with Crippen LogP contribution in [-0.4, -0.2) is 18.4 Å². The van der Waals surface area contributed by atoms with Crippen molar-refractivity contribution in [3.8, 4) is 0 Å². The number of nitrogens with one attached hydrogen (secondary N) is 1. The summed E-state index contributed by atoms with van der Waals surface area (Å²) in [5.41, 5.74) is 0. The molecule has 1 atom stereocenters. The maximum absolute atomic E-state index is 11.3. The Kier molecular flexibility index (Phi) is 3.06. The molecule has 0 aliphatic carbocycles. The van der Waals surface area contributed by atoms with Crippen molar-refractivity contribution in [2.24, 2.45) is 5.92 Å². The monoisotopic (exact) mass is 155 g/mol. The molecule has 2 nitrogen and oxygen atoms in total. The van der Waals surface area contributed by atoms with Gasteiger partial charge in [-0.1, -0.05) is 13.8 Å². The van der Waals surface area contributed by atoms with Gasteiger partial charge in [0.1, 0.15) is 5.78 Å². The molecule has 1 aliphatic heterocycles. The summed E-state index contributed by atoms with van der Waals surface area (Å²) in [7, 11) is 0. The van der Waals surface area contributed by atoms with Gasteiger partial charge in [0.2, 0.25) is 0 Å². The lowest BCUT2D eigenvalue weighted by Crippen LogP contribution is -2.26. The molecule has 0 saturated carbocycles. The maximum atomic E-state index is 11.3. The Labute approximate surface area is 68.4 Å². The number of carbonyl (C=O) groups is 1. The van der Waals surface area contributed by atoms with Crippen molar-refractivity contribution in [2.75, 3.05) is 6.54 Å². The van der Waals surface area contributed by atoms with Gasteiger partial charge >= 0.3 is 0 Å². The zero-order valence-corrected chi connectivity index (χ0v) is 7.39. The third kappa shape index (κ3) is 2.62. The standard InChI is InChI=1S/C9H17NO/c1-7(2)9(11)6-8-4-3-5-10-8/h7-8,10H,3-6H2,1-2H3. The first-order chi connectivity index (χ1) is 5.20. The van der Waals surface area contributed by atoms with E-state index < -0.39 is 0 Å². The second kappa shape index (κ2) is 3.86. The van der Waals surface area contributed by atoms with E-state index >= 15 is 0 Å². The molecule has 1 saturated heterocycles. The average molecular weight is 155 g/mol. The van der Waals surface area contributed by atoms with Crippen LogP contribution in [0, 0.1) is 5.92 Å². The molecule has 1 fully saturated rings. The summed E-state index contributed by atoms with van der Waals surface area (Å²) in [4.78, 5) is 11.3. The molecule has 0 radical (unpaired) electrons. The summed E-state index contributed by atoms with van der Waals surface area (Å²) in [6.45, 7) is 5.03. The topological polar surface area (TPSA) is 29.1 Å². The minimum Gasteiger partial charge on any atom is -0.314 e. The molecular formula is C9H17NO. The molecule has 0 spiro atoms. The lowest BCUT2D eigenvalue weighted by atomic mass is 10.0. The molecular weight excluding hydrogens is 138 g/mol. The minimum atomic E-state index is 0.206. The molecule has 0 aromatic heterocycles. The largest absolute Gasteiger partial charge is 0.314 e. The van der Waals surface area contributed by atoms with Gasteiger partial charge in [0.15, 0.2) is 0 Å². The average Bonchev–Trinajstić information content (AvgIpc) is 2.39. The Morgan fingerprint density at radius 3 is 2.82 bits per heavy atom. The smallest absolute Gasteiger partial charge is 0.136 e. The molecule has 1 aliphatic rings. The number of carbonyl (C=O) groups excluding carboxylic acids is 1. The van der Waals surface area contributed by atoms with Crippen LogP contribution in [0.4, 0.5) is 0 Å². The molecule has 0 bridgehead atoms. The van der Waals surface area contributed by atoms with E-state index in [1.807, 2.05) is 13.8 Å². The summed E-state index contributed by atoms with van der Waals surface area (Å²) in [5, 5.41) is 3.32. The molecule has 0 aromatic rings. The Morgan fingerprint density at radius 1 is 1.64 bits per heavy atom. The van der Waals surface area contributed by atoms with Gasteiger partial charge in [0.25, 0.3) is 0 Å². The quantitative estimate of drug-likeness (QED) is 0.666. The van der Waals surface area contributed by atoms with Crippen molar-refractivity contribution < 1.29 is 4.79 Å². The second-order valence-electron chi connectivity index (χ2n) is 3.62. The molecule has 1 unspecified atom stereocenters. The fraction of sp³-hybridized carbons (Fsp3) is 0.889. The maximum Gasteiger partial charge on any atom is 0.136 e.